The van der Waals surface area contributed by atoms with Crippen molar-refractivity contribution < 1.29 is 9.53 Å². The van der Waals surface area contributed by atoms with Crippen LogP contribution in [0, 0.1) is 0 Å². The monoisotopic (exact) mass is 250 g/mol. The zero-order valence-corrected chi connectivity index (χ0v) is 11.0. The Morgan fingerprint density at radius 3 is 2.62 bits per heavy atom. The summed E-state index contributed by atoms with van der Waals surface area (Å²) >= 11 is 0. The molecule has 1 fully saturated rings. The Labute approximate surface area is 104 Å². The van der Waals surface area contributed by atoms with E-state index in [-0.39, 0.29) is 18.3 Å². The fourth-order valence-electron chi connectivity index (χ4n) is 1.94. The largest absolute Gasteiger partial charge is 0.385 e. The van der Waals surface area contributed by atoms with Gasteiger partial charge >= 0.3 is 0 Å². The van der Waals surface area contributed by atoms with Gasteiger partial charge in [-0.2, -0.15) is 0 Å². The van der Waals surface area contributed by atoms with Crippen molar-refractivity contribution in [3.05, 3.63) is 0 Å². The zero-order valence-electron chi connectivity index (χ0n) is 10.2. The number of hydrogen-bond donors (Lipinski definition) is 1. The summed E-state index contributed by atoms with van der Waals surface area (Å²) in [6.07, 6.45) is 3.58. The molecule has 0 atom stereocenters. The Morgan fingerprint density at radius 2 is 2.06 bits per heavy atom. The highest BCUT2D eigenvalue weighted by Gasteiger charge is 2.21. The molecular formula is C11H23ClN2O2. The first-order valence-corrected chi connectivity index (χ1v) is 5.71. The molecule has 1 rings (SSSR count). The van der Waals surface area contributed by atoms with Gasteiger partial charge in [0.15, 0.2) is 0 Å². The van der Waals surface area contributed by atoms with Gasteiger partial charge in [-0.3, -0.25) is 4.79 Å². The number of hydrogen-bond acceptors (Lipinski definition) is 3. The fourth-order valence-corrected chi connectivity index (χ4v) is 1.94. The van der Waals surface area contributed by atoms with Crippen LogP contribution < -0.4 is 5.32 Å². The Kier molecular flexibility index (Phi) is 8.61. The van der Waals surface area contributed by atoms with E-state index in [9.17, 15) is 4.79 Å². The minimum absolute atomic E-state index is 0. The number of rotatable bonds is 5. The Balaban J connectivity index is 0.00000225. The van der Waals surface area contributed by atoms with Gasteiger partial charge in [0.2, 0.25) is 5.91 Å². The second-order valence-corrected chi connectivity index (χ2v) is 4.08. The van der Waals surface area contributed by atoms with Crippen LogP contribution in [0.25, 0.3) is 0 Å². The molecule has 1 amide bonds. The standard InChI is InChI=1S/C11H22N2O2.ClH/c1-13(10-5-7-12-8-6-10)11(14)4-3-9-15-2;/h10,12H,3-9H2,1-2H3;1H. The number of piperidine rings is 1. The SMILES string of the molecule is COCCCC(=O)N(C)C1CCNCC1.Cl. The molecule has 96 valence electrons. The van der Waals surface area contributed by atoms with Gasteiger partial charge in [0.1, 0.15) is 0 Å². The van der Waals surface area contributed by atoms with Gasteiger partial charge in [-0.25, -0.2) is 0 Å². The Morgan fingerprint density at radius 1 is 1.44 bits per heavy atom. The maximum absolute atomic E-state index is 11.8. The number of nitrogens with one attached hydrogen (secondary N) is 1. The van der Waals surface area contributed by atoms with Crippen molar-refractivity contribution in [2.45, 2.75) is 31.7 Å². The van der Waals surface area contributed by atoms with Crippen molar-refractivity contribution in [1.82, 2.24) is 10.2 Å². The molecule has 1 aliphatic rings. The Hall–Kier alpha value is -0.320. The lowest BCUT2D eigenvalue weighted by Crippen LogP contribution is -2.43. The van der Waals surface area contributed by atoms with Crippen molar-refractivity contribution in [1.29, 1.82) is 0 Å². The number of methoxy groups -OCH3 is 1. The van der Waals surface area contributed by atoms with Gasteiger partial charge in [-0.05, 0) is 32.4 Å². The normalized spacial score (nSPS) is 16.6. The average Bonchev–Trinajstić information content (AvgIpc) is 2.29. The molecule has 1 aliphatic heterocycles. The summed E-state index contributed by atoms with van der Waals surface area (Å²) in [4.78, 5) is 13.7. The topological polar surface area (TPSA) is 41.6 Å². The van der Waals surface area contributed by atoms with Crippen LogP contribution in [0.5, 0.6) is 0 Å². The maximum atomic E-state index is 11.8. The van der Waals surface area contributed by atoms with Crippen LogP contribution in [0.4, 0.5) is 0 Å². The summed E-state index contributed by atoms with van der Waals surface area (Å²) in [6, 6.07) is 0.432. The predicted octanol–water partition coefficient (Wildman–Crippen LogP) is 1.05. The highest BCUT2D eigenvalue weighted by atomic mass is 35.5. The van der Waals surface area contributed by atoms with E-state index in [1.54, 1.807) is 7.11 Å². The molecule has 0 aliphatic carbocycles. The highest BCUT2D eigenvalue weighted by Crippen LogP contribution is 2.11. The molecule has 16 heavy (non-hydrogen) atoms. The van der Waals surface area contributed by atoms with E-state index in [1.807, 2.05) is 11.9 Å². The molecule has 4 nitrogen and oxygen atoms in total. The molecular weight excluding hydrogens is 228 g/mol. The van der Waals surface area contributed by atoms with Crippen LogP contribution in [0.3, 0.4) is 0 Å². The number of carbonyl (C=O) groups excluding carboxylic acids is 1. The van der Waals surface area contributed by atoms with Crippen molar-refractivity contribution in [2.24, 2.45) is 0 Å². The van der Waals surface area contributed by atoms with Crippen LogP contribution in [-0.2, 0) is 9.53 Å². The lowest BCUT2D eigenvalue weighted by atomic mass is 10.0. The fraction of sp³-hybridized carbons (Fsp3) is 0.909. The van der Waals surface area contributed by atoms with E-state index < -0.39 is 0 Å². The predicted molar refractivity (Wildman–Crippen MR) is 67.0 cm³/mol. The first-order valence-electron chi connectivity index (χ1n) is 5.71. The van der Waals surface area contributed by atoms with Crippen LogP contribution in [0.15, 0.2) is 0 Å². The number of amides is 1. The third-order valence-corrected chi connectivity index (χ3v) is 2.99. The summed E-state index contributed by atoms with van der Waals surface area (Å²) in [5.41, 5.74) is 0. The van der Waals surface area contributed by atoms with Crippen molar-refractivity contribution >= 4 is 18.3 Å². The third kappa shape index (κ3) is 5.14. The summed E-state index contributed by atoms with van der Waals surface area (Å²) in [6.45, 7) is 2.73. The lowest BCUT2D eigenvalue weighted by Gasteiger charge is -2.31. The molecule has 0 aromatic heterocycles. The van der Waals surface area contributed by atoms with Crippen molar-refractivity contribution in [3.8, 4) is 0 Å². The minimum Gasteiger partial charge on any atom is -0.385 e. The van der Waals surface area contributed by atoms with E-state index in [0.717, 1.165) is 32.4 Å². The third-order valence-electron chi connectivity index (χ3n) is 2.99. The molecule has 0 saturated carbocycles. The molecule has 1 N–H and O–H groups in total. The first kappa shape index (κ1) is 15.7. The van der Waals surface area contributed by atoms with Crippen LogP contribution in [0.1, 0.15) is 25.7 Å². The smallest absolute Gasteiger partial charge is 0.222 e. The molecule has 0 aromatic rings. The molecule has 0 bridgehead atoms. The molecule has 1 heterocycles. The second-order valence-electron chi connectivity index (χ2n) is 4.08. The molecule has 1 saturated heterocycles. The van der Waals surface area contributed by atoms with Gasteiger partial charge in [0, 0.05) is 33.2 Å². The second kappa shape index (κ2) is 8.79. The summed E-state index contributed by atoms with van der Waals surface area (Å²) < 4.78 is 4.94. The molecule has 0 radical (unpaired) electrons. The summed E-state index contributed by atoms with van der Waals surface area (Å²) in [5.74, 6) is 0.249. The van der Waals surface area contributed by atoms with E-state index >= 15 is 0 Å². The van der Waals surface area contributed by atoms with Gasteiger partial charge in [-0.1, -0.05) is 0 Å². The minimum atomic E-state index is 0. The molecule has 5 heteroatoms. The van der Waals surface area contributed by atoms with Gasteiger partial charge in [0.25, 0.3) is 0 Å². The molecule has 0 spiro atoms. The van der Waals surface area contributed by atoms with Gasteiger partial charge in [0.05, 0.1) is 0 Å². The van der Waals surface area contributed by atoms with E-state index in [2.05, 4.69) is 5.32 Å². The quantitative estimate of drug-likeness (QED) is 0.742. The van der Waals surface area contributed by atoms with Crippen molar-refractivity contribution in [3.63, 3.8) is 0 Å². The van der Waals surface area contributed by atoms with Crippen LogP contribution >= 0.6 is 12.4 Å². The lowest BCUT2D eigenvalue weighted by molar-refractivity contribution is -0.132. The molecule has 0 unspecified atom stereocenters. The van der Waals surface area contributed by atoms with Gasteiger partial charge in [-0.15, -0.1) is 12.4 Å². The Bertz CT molecular complexity index is 196. The maximum Gasteiger partial charge on any atom is 0.222 e. The van der Waals surface area contributed by atoms with Crippen LogP contribution in [0.2, 0.25) is 0 Å². The number of nitrogens with zero attached hydrogens (tertiary/aromatic N) is 1. The average molecular weight is 251 g/mol. The van der Waals surface area contributed by atoms with E-state index in [0.29, 0.717) is 19.1 Å². The number of ether oxygens (including phenoxy) is 1. The van der Waals surface area contributed by atoms with Crippen LogP contribution in [-0.4, -0.2) is 50.7 Å². The number of carbonyl (C=O) groups is 1. The van der Waals surface area contributed by atoms with E-state index in [1.165, 1.54) is 0 Å². The summed E-state index contributed by atoms with van der Waals surface area (Å²) in [7, 11) is 3.59. The first-order chi connectivity index (χ1) is 7.25. The zero-order chi connectivity index (χ0) is 11.1. The molecule has 0 aromatic carbocycles. The van der Waals surface area contributed by atoms with Crippen molar-refractivity contribution in [2.75, 3.05) is 33.9 Å². The number of halogens is 1. The highest BCUT2D eigenvalue weighted by molar-refractivity contribution is 5.85. The van der Waals surface area contributed by atoms with E-state index in [4.69, 9.17) is 4.74 Å². The summed E-state index contributed by atoms with van der Waals surface area (Å²) in [5, 5.41) is 3.30. The van der Waals surface area contributed by atoms with Gasteiger partial charge < -0.3 is 15.0 Å².